The van der Waals surface area contributed by atoms with E-state index in [2.05, 4.69) is 15.6 Å². The van der Waals surface area contributed by atoms with E-state index >= 15 is 0 Å². The van der Waals surface area contributed by atoms with Gasteiger partial charge >= 0.3 is 6.03 Å². The van der Waals surface area contributed by atoms with Gasteiger partial charge in [-0.25, -0.2) is 4.79 Å². The summed E-state index contributed by atoms with van der Waals surface area (Å²) in [4.78, 5) is 30.4. The molecule has 2 N–H and O–H groups in total. The lowest BCUT2D eigenvalue weighted by molar-refractivity contribution is -0.121. The van der Waals surface area contributed by atoms with Crippen molar-refractivity contribution in [3.05, 3.63) is 47.6 Å². The lowest BCUT2D eigenvalue weighted by Gasteiger charge is -2.17. The molecule has 3 rings (SSSR count). The van der Waals surface area contributed by atoms with Crippen molar-refractivity contribution >= 4 is 40.1 Å². The van der Waals surface area contributed by atoms with Crippen molar-refractivity contribution in [3.8, 4) is 23.0 Å². The van der Waals surface area contributed by atoms with Crippen LogP contribution in [0.25, 0.3) is 10.9 Å². The number of fused-ring (bicyclic) bond motifs is 1. The second kappa shape index (κ2) is 11.5. The molecule has 1 aromatic heterocycles. The van der Waals surface area contributed by atoms with Gasteiger partial charge in [-0.15, -0.1) is 0 Å². The van der Waals surface area contributed by atoms with Gasteiger partial charge in [-0.3, -0.25) is 20.0 Å². The van der Waals surface area contributed by atoms with Crippen LogP contribution in [0.3, 0.4) is 0 Å². The lowest BCUT2D eigenvalue weighted by Crippen LogP contribution is -2.41. The molecule has 0 aliphatic heterocycles. The fraction of sp³-hybridized carbons (Fsp3) is 0.292. The summed E-state index contributed by atoms with van der Waals surface area (Å²) in [6.45, 7) is 5.48. The van der Waals surface area contributed by atoms with Crippen LogP contribution in [0.1, 0.15) is 13.8 Å². The summed E-state index contributed by atoms with van der Waals surface area (Å²) in [5, 5.41) is 5.90. The molecule has 9 nitrogen and oxygen atoms in total. The van der Waals surface area contributed by atoms with E-state index in [1.165, 1.54) is 0 Å². The van der Waals surface area contributed by atoms with Crippen LogP contribution < -0.4 is 24.8 Å². The first-order chi connectivity index (χ1) is 16.4. The minimum Gasteiger partial charge on any atom is -0.493 e. The molecule has 34 heavy (non-hydrogen) atoms. The molecule has 0 saturated heterocycles. The van der Waals surface area contributed by atoms with Gasteiger partial charge in [0.2, 0.25) is 5.91 Å². The number of hydrogen-bond donors (Lipinski definition) is 2. The fourth-order valence-corrected chi connectivity index (χ4v) is 3.51. The zero-order valence-electron chi connectivity index (χ0n) is 19.5. The van der Waals surface area contributed by atoms with Gasteiger partial charge in [0, 0.05) is 23.3 Å². The van der Waals surface area contributed by atoms with Crippen molar-refractivity contribution in [2.75, 3.05) is 39.2 Å². The van der Waals surface area contributed by atoms with Crippen LogP contribution in [-0.2, 0) is 4.79 Å². The van der Waals surface area contributed by atoms with Crippen LogP contribution in [0.15, 0.2) is 42.6 Å². The number of imide groups is 1. The van der Waals surface area contributed by atoms with Crippen molar-refractivity contribution < 1.29 is 23.8 Å². The number of nitrogens with zero attached hydrogens (tertiary/aromatic N) is 2. The number of hydrogen-bond acceptors (Lipinski definition) is 7. The number of rotatable bonds is 9. The molecule has 0 aliphatic rings. The highest BCUT2D eigenvalue weighted by molar-refractivity contribution is 6.32. The summed E-state index contributed by atoms with van der Waals surface area (Å²) in [6.07, 6.45) is 1.62. The average molecular weight is 487 g/mol. The number of carbonyl (C=O) groups excluding carboxylic acids is 2. The van der Waals surface area contributed by atoms with Gasteiger partial charge in [0.1, 0.15) is 11.5 Å². The highest BCUT2D eigenvalue weighted by Gasteiger charge is 2.14. The number of halogens is 1. The Balaban J connectivity index is 1.73. The Bertz CT molecular complexity index is 1180. The predicted molar refractivity (Wildman–Crippen MR) is 131 cm³/mol. The zero-order chi connectivity index (χ0) is 24.7. The first kappa shape index (κ1) is 25.1. The Morgan fingerprint density at radius 2 is 1.68 bits per heavy atom. The van der Waals surface area contributed by atoms with Crippen molar-refractivity contribution in [1.82, 2.24) is 15.2 Å². The molecule has 180 valence electrons. The maximum atomic E-state index is 12.2. The predicted octanol–water partition coefficient (Wildman–Crippen LogP) is 4.69. The minimum atomic E-state index is -0.636. The number of ether oxygens (including phenoxy) is 3. The largest absolute Gasteiger partial charge is 0.493 e. The third kappa shape index (κ3) is 6.06. The van der Waals surface area contributed by atoms with E-state index in [0.29, 0.717) is 39.6 Å². The molecule has 0 bridgehead atoms. The highest BCUT2D eigenvalue weighted by atomic mass is 35.5. The van der Waals surface area contributed by atoms with Crippen molar-refractivity contribution in [2.45, 2.75) is 13.8 Å². The standard InChI is InChI=1S/C24H27ClN4O5/c1-5-29(6-2)14-23(30)28-24(31)27-15-7-8-20(17(25)11-15)34-19-9-10-26-18-13-22(33-4)21(32-3)12-16(18)19/h7-13H,5-6,14H2,1-4H3,(H2,27,28,30,31). The lowest BCUT2D eigenvalue weighted by atomic mass is 10.2. The zero-order valence-corrected chi connectivity index (χ0v) is 20.2. The summed E-state index contributed by atoms with van der Waals surface area (Å²) >= 11 is 6.40. The maximum absolute atomic E-state index is 12.2. The second-order valence-electron chi connectivity index (χ2n) is 7.24. The first-order valence-corrected chi connectivity index (χ1v) is 11.1. The van der Waals surface area contributed by atoms with Crippen molar-refractivity contribution in [2.24, 2.45) is 0 Å². The summed E-state index contributed by atoms with van der Waals surface area (Å²) in [7, 11) is 3.11. The number of benzene rings is 2. The molecule has 2 aromatic carbocycles. The van der Waals surface area contributed by atoms with Crippen molar-refractivity contribution in [3.63, 3.8) is 0 Å². The SMILES string of the molecule is CCN(CC)CC(=O)NC(=O)Nc1ccc(Oc2ccnc3cc(OC)c(OC)cc23)c(Cl)c1. The minimum absolute atomic E-state index is 0.143. The number of anilines is 1. The van der Waals surface area contributed by atoms with Gasteiger partial charge in [-0.05, 0) is 43.4 Å². The van der Waals surface area contributed by atoms with Crippen molar-refractivity contribution in [1.29, 1.82) is 0 Å². The van der Waals surface area contributed by atoms with Crippen LogP contribution in [0.5, 0.6) is 23.0 Å². The van der Waals surface area contributed by atoms with E-state index in [9.17, 15) is 9.59 Å². The van der Waals surface area contributed by atoms with Gasteiger partial charge in [-0.1, -0.05) is 25.4 Å². The monoisotopic (exact) mass is 486 g/mol. The molecule has 10 heteroatoms. The maximum Gasteiger partial charge on any atom is 0.325 e. The molecular weight excluding hydrogens is 460 g/mol. The van der Waals surface area contributed by atoms with E-state index in [-0.39, 0.29) is 17.5 Å². The third-order valence-corrected chi connectivity index (χ3v) is 5.43. The van der Waals surface area contributed by atoms with Gasteiger partial charge in [-0.2, -0.15) is 0 Å². The number of carbonyl (C=O) groups is 2. The number of aromatic nitrogens is 1. The number of nitrogens with one attached hydrogen (secondary N) is 2. The van der Waals surface area contributed by atoms with Crippen LogP contribution in [0, 0.1) is 0 Å². The van der Waals surface area contributed by atoms with E-state index in [1.807, 2.05) is 18.7 Å². The number of methoxy groups -OCH3 is 2. The van der Waals surface area contributed by atoms with Gasteiger partial charge in [0.15, 0.2) is 11.5 Å². The van der Waals surface area contributed by atoms with E-state index < -0.39 is 6.03 Å². The molecule has 0 radical (unpaired) electrons. The molecule has 0 aliphatic carbocycles. The Morgan fingerprint density at radius 1 is 0.971 bits per heavy atom. The van der Waals surface area contributed by atoms with Gasteiger partial charge in [0.05, 0.1) is 31.3 Å². The molecular formula is C24H27ClN4O5. The highest BCUT2D eigenvalue weighted by Crippen LogP contribution is 2.38. The molecule has 3 amide bonds. The molecule has 1 heterocycles. The smallest absolute Gasteiger partial charge is 0.325 e. The number of likely N-dealkylation sites (N-methyl/N-ethyl adjacent to an activating group) is 1. The summed E-state index contributed by atoms with van der Waals surface area (Å²) in [5.41, 5.74) is 1.08. The van der Waals surface area contributed by atoms with Gasteiger partial charge in [0.25, 0.3) is 0 Å². The van der Waals surface area contributed by atoms with E-state index in [4.69, 9.17) is 25.8 Å². The molecule has 0 spiro atoms. The van der Waals surface area contributed by atoms with E-state index in [1.54, 1.807) is 56.8 Å². The normalized spacial score (nSPS) is 10.8. The summed E-state index contributed by atoms with van der Waals surface area (Å²) in [6, 6.07) is 9.41. The fourth-order valence-electron chi connectivity index (χ4n) is 3.30. The van der Waals surface area contributed by atoms with Crippen LogP contribution in [-0.4, -0.2) is 55.7 Å². The van der Waals surface area contributed by atoms with Crippen LogP contribution in [0.4, 0.5) is 10.5 Å². The van der Waals surface area contributed by atoms with Gasteiger partial charge < -0.3 is 19.5 Å². The molecule has 0 saturated carbocycles. The molecule has 3 aromatic rings. The molecule has 0 fully saturated rings. The Kier molecular flexibility index (Phi) is 8.50. The number of pyridine rings is 1. The van der Waals surface area contributed by atoms with E-state index in [0.717, 1.165) is 13.1 Å². The first-order valence-electron chi connectivity index (χ1n) is 10.7. The van der Waals surface area contributed by atoms with Crippen LogP contribution in [0.2, 0.25) is 5.02 Å². The third-order valence-electron chi connectivity index (χ3n) is 5.13. The number of urea groups is 1. The number of amides is 3. The Morgan fingerprint density at radius 3 is 2.32 bits per heavy atom. The average Bonchev–Trinajstić information content (AvgIpc) is 2.83. The van der Waals surface area contributed by atoms with Crippen LogP contribution >= 0.6 is 11.6 Å². The summed E-state index contributed by atoms with van der Waals surface area (Å²) in [5.74, 6) is 1.62. The quantitative estimate of drug-likeness (QED) is 0.452. The molecule has 0 unspecified atom stereocenters. The Labute approximate surface area is 203 Å². The second-order valence-corrected chi connectivity index (χ2v) is 7.65. The molecule has 0 atom stereocenters. The Hall–Kier alpha value is -3.56. The topological polar surface area (TPSA) is 102 Å². The summed E-state index contributed by atoms with van der Waals surface area (Å²) < 4.78 is 16.7.